The predicted molar refractivity (Wildman–Crippen MR) is 70.3 cm³/mol. The molecule has 0 amide bonds. The maximum Gasteiger partial charge on any atom is 0.190 e. The van der Waals surface area contributed by atoms with E-state index in [-0.39, 0.29) is 19.0 Å². The van der Waals surface area contributed by atoms with E-state index in [1.165, 1.54) is 19.2 Å². The number of benzene rings is 1. The molecule has 0 aliphatic carbocycles. The average molecular weight is 273 g/mol. The van der Waals surface area contributed by atoms with Crippen LogP contribution in [0.2, 0.25) is 0 Å². The fourth-order valence-corrected chi connectivity index (χ4v) is 1.58. The molecule has 19 heavy (non-hydrogen) atoms. The van der Waals surface area contributed by atoms with Gasteiger partial charge in [-0.15, -0.1) is 0 Å². The zero-order valence-corrected chi connectivity index (χ0v) is 11.6. The summed E-state index contributed by atoms with van der Waals surface area (Å²) in [6.45, 7) is 5.79. The maximum atomic E-state index is 13.7. The van der Waals surface area contributed by atoms with Gasteiger partial charge >= 0.3 is 0 Å². The fourth-order valence-electron chi connectivity index (χ4n) is 1.58. The first kappa shape index (κ1) is 15.9. The number of rotatable bonds is 8. The van der Waals surface area contributed by atoms with E-state index in [0.29, 0.717) is 18.0 Å². The summed E-state index contributed by atoms with van der Waals surface area (Å²) in [6, 6.07) is 2.58. The van der Waals surface area contributed by atoms with E-state index in [1.54, 1.807) is 0 Å². The first-order valence-corrected chi connectivity index (χ1v) is 6.35. The number of nitrogens with one attached hydrogen (secondary N) is 1. The van der Waals surface area contributed by atoms with E-state index in [4.69, 9.17) is 9.47 Å². The molecule has 0 unspecified atom stereocenters. The van der Waals surface area contributed by atoms with Gasteiger partial charge in [0.15, 0.2) is 17.4 Å². The molecular formula is C14H21F2NO2. The fraction of sp³-hybridized carbons (Fsp3) is 0.571. The van der Waals surface area contributed by atoms with Crippen LogP contribution in [0.5, 0.6) is 5.75 Å². The van der Waals surface area contributed by atoms with Crippen LogP contribution >= 0.6 is 0 Å². The topological polar surface area (TPSA) is 30.5 Å². The van der Waals surface area contributed by atoms with Crippen LogP contribution in [0.1, 0.15) is 19.4 Å². The van der Waals surface area contributed by atoms with E-state index in [9.17, 15) is 8.78 Å². The number of halogens is 2. The van der Waals surface area contributed by atoms with Crippen LogP contribution in [-0.2, 0) is 11.3 Å². The van der Waals surface area contributed by atoms with Crippen molar-refractivity contribution in [3.8, 4) is 5.75 Å². The van der Waals surface area contributed by atoms with Crippen molar-refractivity contribution in [3.63, 3.8) is 0 Å². The first-order chi connectivity index (χ1) is 9.04. The Hall–Kier alpha value is -1.20. The van der Waals surface area contributed by atoms with Crippen LogP contribution in [0.4, 0.5) is 8.78 Å². The largest absolute Gasteiger partial charge is 0.485 e. The van der Waals surface area contributed by atoms with Gasteiger partial charge in [0, 0.05) is 13.7 Å². The molecule has 0 aromatic heterocycles. The van der Waals surface area contributed by atoms with Crippen molar-refractivity contribution in [1.82, 2.24) is 5.32 Å². The number of methoxy groups -OCH3 is 1. The molecule has 0 atom stereocenters. The Labute approximate surface area is 112 Å². The Balaban J connectivity index is 2.62. The summed E-state index contributed by atoms with van der Waals surface area (Å²) in [5.41, 5.74) is 0.565. The highest BCUT2D eigenvalue weighted by Gasteiger charge is 2.12. The SMILES string of the molecule is COCCOc1c(F)cc(CNCC(C)C)cc1F. The van der Waals surface area contributed by atoms with Gasteiger partial charge in [-0.1, -0.05) is 13.8 Å². The van der Waals surface area contributed by atoms with Crippen molar-refractivity contribution in [2.24, 2.45) is 5.92 Å². The molecule has 1 N–H and O–H groups in total. The Morgan fingerprint density at radius 3 is 2.32 bits per heavy atom. The molecule has 0 spiro atoms. The van der Waals surface area contributed by atoms with Crippen molar-refractivity contribution in [3.05, 3.63) is 29.3 Å². The minimum atomic E-state index is -0.683. The molecule has 3 nitrogen and oxygen atoms in total. The van der Waals surface area contributed by atoms with Gasteiger partial charge < -0.3 is 14.8 Å². The van der Waals surface area contributed by atoms with Crippen LogP contribution in [-0.4, -0.2) is 26.9 Å². The first-order valence-electron chi connectivity index (χ1n) is 6.35. The summed E-state index contributed by atoms with van der Waals surface area (Å²) in [7, 11) is 1.50. The molecule has 0 aliphatic rings. The van der Waals surface area contributed by atoms with Gasteiger partial charge in [0.1, 0.15) is 6.61 Å². The van der Waals surface area contributed by atoms with Gasteiger partial charge in [0.2, 0.25) is 0 Å². The van der Waals surface area contributed by atoms with Crippen molar-refractivity contribution in [1.29, 1.82) is 0 Å². The quantitative estimate of drug-likeness (QED) is 0.739. The smallest absolute Gasteiger partial charge is 0.190 e. The second-order valence-electron chi connectivity index (χ2n) is 4.75. The van der Waals surface area contributed by atoms with Gasteiger partial charge in [-0.3, -0.25) is 0 Å². The van der Waals surface area contributed by atoms with Crippen LogP contribution in [0.3, 0.4) is 0 Å². The number of ether oxygens (including phenoxy) is 2. The van der Waals surface area contributed by atoms with Gasteiger partial charge in [-0.2, -0.15) is 0 Å². The molecule has 0 bridgehead atoms. The summed E-state index contributed by atoms with van der Waals surface area (Å²) in [5.74, 6) is -1.22. The van der Waals surface area contributed by atoms with Crippen LogP contribution < -0.4 is 10.1 Å². The van der Waals surface area contributed by atoms with E-state index in [0.717, 1.165) is 6.54 Å². The van der Waals surface area contributed by atoms with E-state index < -0.39 is 11.6 Å². The molecule has 1 rings (SSSR count). The Morgan fingerprint density at radius 1 is 1.16 bits per heavy atom. The second-order valence-corrected chi connectivity index (χ2v) is 4.75. The lowest BCUT2D eigenvalue weighted by molar-refractivity contribution is 0.141. The molecule has 0 saturated heterocycles. The van der Waals surface area contributed by atoms with Gasteiger partial charge in [0.25, 0.3) is 0 Å². The van der Waals surface area contributed by atoms with Crippen molar-refractivity contribution in [2.45, 2.75) is 20.4 Å². The van der Waals surface area contributed by atoms with Gasteiger partial charge in [-0.25, -0.2) is 8.78 Å². The zero-order valence-electron chi connectivity index (χ0n) is 11.6. The van der Waals surface area contributed by atoms with E-state index >= 15 is 0 Å². The van der Waals surface area contributed by atoms with Crippen molar-refractivity contribution < 1.29 is 18.3 Å². The highest BCUT2D eigenvalue weighted by molar-refractivity contribution is 5.31. The summed E-state index contributed by atoms with van der Waals surface area (Å²) in [6.07, 6.45) is 0. The Kier molecular flexibility index (Phi) is 6.73. The summed E-state index contributed by atoms with van der Waals surface area (Å²) >= 11 is 0. The monoisotopic (exact) mass is 273 g/mol. The third-order valence-corrected chi connectivity index (χ3v) is 2.47. The average Bonchev–Trinajstić information content (AvgIpc) is 2.32. The van der Waals surface area contributed by atoms with Gasteiger partial charge in [-0.05, 0) is 30.2 Å². The molecule has 0 fully saturated rings. The lowest BCUT2D eigenvalue weighted by Gasteiger charge is -2.11. The molecule has 1 aromatic rings. The summed E-state index contributed by atoms with van der Waals surface area (Å²) in [4.78, 5) is 0. The molecule has 5 heteroatoms. The summed E-state index contributed by atoms with van der Waals surface area (Å²) in [5, 5.41) is 3.13. The third-order valence-electron chi connectivity index (χ3n) is 2.47. The number of hydrogen-bond donors (Lipinski definition) is 1. The molecule has 0 heterocycles. The Bertz CT molecular complexity index is 374. The zero-order chi connectivity index (χ0) is 14.3. The molecular weight excluding hydrogens is 252 g/mol. The van der Waals surface area contributed by atoms with Crippen molar-refractivity contribution >= 4 is 0 Å². The molecule has 0 aliphatic heterocycles. The lowest BCUT2D eigenvalue weighted by atomic mass is 10.1. The highest BCUT2D eigenvalue weighted by atomic mass is 19.1. The van der Waals surface area contributed by atoms with Gasteiger partial charge in [0.05, 0.1) is 6.61 Å². The van der Waals surface area contributed by atoms with E-state index in [1.807, 2.05) is 0 Å². The number of hydrogen-bond acceptors (Lipinski definition) is 3. The normalized spacial score (nSPS) is 11.1. The standard InChI is InChI=1S/C14H21F2NO2/c1-10(2)8-17-9-11-6-12(15)14(13(16)7-11)19-5-4-18-3/h6-7,10,17H,4-5,8-9H2,1-3H3. The molecule has 0 radical (unpaired) electrons. The lowest BCUT2D eigenvalue weighted by Crippen LogP contribution is -2.19. The molecule has 108 valence electrons. The van der Waals surface area contributed by atoms with Crippen LogP contribution in [0, 0.1) is 17.6 Å². The molecule has 0 saturated carbocycles. The second kappa shape index (κ2) is 8.07. The predicted octanol–water partition coefficient (Wildman–Crippen LogP) is 2.74. The van der Waals surface area contributed by atoms with Crippen LogP contribution in [0.15, 0.2) is 12.1 Å². The maximum absolute atomic E-state index is 13.7. The minimum Gasteiger partial charge on any atom is -0.485 e. The molecule has 1 aromatic carbocycles. The van der Waals surface area contributed by atoms with Crippen molar-refractivity contribution in [2.75, 3.05) is 26.9 Å². The highest BCUT2D eigenvalue weighted by Crippen LogP contribution is 2.23. The van der Waals surface area contributed by atoms with E-state index in [2.05, 4.69) is 19.2 Å². The Morgan fingerprint density at radius 2 is 1.79 bits per heavy atom. The summed E-state index contributed by atoms with van der Waals surface area (Å²) < 4.78 is 37.2. The third kappa shape index (κ3) is 5.53. The van der Waals surface area contributed by atoms with Crippen LogP contribution in [0.25, 0.3) is 0 Å². The minimum absolute atomic E-state index is 0.120.